The summed E-state index contributed by atoms with van der Waals surface area (Å²) in [5.41, 5.74) is 0.564. The Balaban J connectivity index is 2.06. The summed E-state index contributed by atoms with van der Waals surface area (Å²) in [6.07, 6.45) is 1.44. The number of hydrogen-bond acceptors (Lipinski definition) is 5. The molecule has 0 saturated carbocycles. The highest BCUT2D eigenvalue weighted by atomic mass is 19.1. The van der Waals surface area contributed by atoms with Crippen LogP contribution in [0, 0.1) is 5.82 Å². The summed E-state index contributed by atoms with van der Waals surface area (Å²) in [6, 6.07) is 4.75. The first-order valence-electron chi connectivity index (χ1n) is 7.50. The lowest BCUT2D eigenvalue weighted by Crippen LogP contribution is -2.44. The smallest absolute Gasteiger partial charge is 0.357 e. The van der Waals surface area contributed by atoms with Crippen molar-refractivity contribution in [2.75, 3.05) is 6.54 Å². The summed E-state index contributed by atoms with van der Waals surface area (Å²) in [7, 11) is 0. The third-order valence-electron chi connectivity index (χ3n) is 3.18. The molecule has 1 aromatic heterocycles. The van der Waals surface area contributed by atoms with E-state index in [9.17, 15) is 18.8 Å². The van der Waals surface area contributed by atoms with E-state index in [1.165, 1.54) is 48.3 Å². The van der Waals surface area contributed by atoms with Crippen LogP contribution < -0.4 is 10.6 Å². The van der Waals surface area contributed by atoms with Crippen molar-refractivity contribution in [2.45, 2.75) is 20.0 Å². The third kappa shape index (κ3) is 4.63. The number of ether oxygens (including phenoxy) is 1. The highest BCUT2D eigenvalue weighted by Crippen LogP contribution is 2.13. The fraction of sp³-hybridized carbons (Fsp3) is 0.250. The van der Waals surface area contributed by atoms with Gasteiger partial charge in [-0.1, -0.05) is 0 Å². The minimum Gasteiger partial charge on any atom is -0.448 e. The Morgan fingerprint density at radius 2 is 1.96 bits per heavy atom. The van der Waals surface area contributed by atoms with Gasteiger partial charge in [0.15, 0.2) is 11.8 Å². The zero-order chi connectivity index (χ0) is 18.4. The Kier molecular flexibility index (Phi) is 5.83. The standard InChI is InChI=1S/C16H17FN4O4/c1-3-19-16(24)20-14(22)10(2)25-15(23)13-8-18-9-21(13)12-6-4-11(17)5-7-12/h4-10H,3H2,1-2H3,(H2,19,20,22,24)/t10-/m0/s1. The molecule has 0 unspecified atom stereocenters. The van der Waals surface area contributed by atoms with E-state index in [0.29, 0.717) is 12.2 Å². The number of esters is 1. The third-order valence-corrected chi connectivity index (χ3v) is 3.18. The van der Waals surface area contributed by atoms with E-state index >= 15 is 0 Å². The lowest BCUT2D eigenvalue weighted by molar-refractivity contribution is -0.127. The summed E-state index contributed by atoms with van der Waals surface area (Å²) in [4.78, 5) is 39.2. The second-order valence-corrected chi connectivity index (χ2v) is 5.02. The van der Waals surface area contributed by atoms with Gasteiger partial charge in [-0.2, -0.15) is 0 Å². The number of hydrogen-bond donors (Lipinski definition) is 2. The number of nitrogens with zero attached hydrogens (tertiary/aromatic N) is 2. The molecule has 0 aliphatic rings. The minimum atomic E-state index is -1.19. The minimum absolute atomic E-state index is 0.0595. The zero-order valence-corrected chi connectivity index (χ0v) is 13.7. The number of benzene rings is 1. The molecule has 2 aromatic rings. The van der Waals surface area contributed by atoms with E-state index in [2.05, 4.69) is 15.6 Å². The van der Waals surface area contributed by atoms with E-state index in [1.54, 1.807) is 6.92 Å². The van der Waals surface area contributed by atoms with Crippen LogP contribution in [0.4, 0.5) is 9.18 Å². The van der Waals surface area contributed by atoms with Crippen LogP contribution in [0.5, 0.6) is 0 Å². The number of rotatable bonds is 5. The van der Waals surface area contributed by atoms with Crippen LogP contribution in [-0.4, -0.2) is 40.1 Å². The number of imidazole rings is 1. The molecule has 1 heterocycles. The fourth-order valence-electron chi connectivity index (χ4n) is 1.95. The average molecular weight is 348 g/mol. The SMILES string of the molecule is CCNC(=O)NC(=O)[C@H](C)OC(=O)c1cncn1-c1ccc(F)cc1. The Hall–Kier alpha value is -3.23. The Bertz CT molecular complexity index is 773. The Morgan fingerprint density at radius 3 is 2.60 bits per heavy atom. The summed E-state index contributed by atoms with van der Waals surface area (Å²) < 4.78 is 19.5. The van der Waals surface area contributed by atoms with E-state index in [-0.39, 0.29) is 5.69 Å². The predicted molar refractivity (Wildman–Crippen MR) is 85.6 cm³/mol. The van der Waals surface area contributed by atoms with Crippen LogP contribution in [-0.2, 0) is 9.53 Å². The van der Waals surface area contributed by atoms with Crippen molar-refractivity contribution in [1.29, 1.82) is 0 Å². The van der Waals surface area contributed by atoms with Gasteiger partial charge in [0.05, 0.1) is 12.5 Å². The van der Waals surface area contributed by atoms with Crippen LogP contribution in [0.15, 0.2) is 36.8 Å². The quantitative estimate of drug-likeness (QED) is 0.795. The van der Waals surface area contributed by atoms with Crippen LogP contribution in [0.2, 0.25) is 0 Å². The molecule has 0 radical (unpaired) electrons. The molecule has 8 nitrogen and oxygen atoms in total. The first-order valence-corrected chi connectivity index (χ1v) is 7.50. The molecule has 3 amide bonds. The first kappa shape index (κ1) is 18.1. The van der Waals surface area contributed by atoms with E-state index in [4.69, 9.17) is 4.74 Å². The topological polar surface area (TPSA) is 102 Å². The maximum absolute atomic E-state index is 13.0. The summed E-state index contributed by atoms with van der Waals surface area (Å²) >= 11 is 0. The van der Waals surface area contributed by atoms with E-state index in [1.807, 2.05) is 0 Å². The zero-order valence-electron chi connectivity index (χ0n) is 13.7. The largest absolute Gasteiger partial charge is 0.448 e. The molecule has 25 heavy (non-hydrogen) atoms. The van der Waals surface area contributed by atoms with Gasteiger partial charge in [-0.15, -0.1) is 0 Å². The molecular weight excluding hydrogens is 331 g/mol. The second kappa shape index (κ2) is 8.04. The van der Waals surface area contributed by atoms with Crippen LogP contribution in [0.25, 0.3) is 5.69 Å². The first-order chi connectivity index (χ1) is 11.9. The highest BCUT2D eigenvalue weighted by molar-refractivity contribution is 5.98. The molecule has 0 bridgehead atoms. The van der Waals surface area contributed by atoms with Gasteiger partial charge in [-0.05, 0) is 38.1 Å². The van der Waals surface area contributed by atoms with Crippen molar-refractivity contribution < 1.29 is 23.5 Å². The summed E-state index contributed by atoms with van der Waals surface area (Å²) in [5.74, 6) is -1.98. The van der Waals surface area contributed by atoms with Crippen molar-refractivity contribution in [2.24, 2.45) is 0 Å². The number of carbonyl (C=O) groups is 3. The molecule has 1 atom stereocenters. The van der Waals surface area contributed by atoms with Crippen LogP contribution >= 0.6 is 0 Å². The molecule has 9 heteroatoms. The van der Waals surface area contributed by atoms with Gasteiger partial charge < -0.3 is 10.1 Å². The Labute approximate surface area is 143 Å². The van der Waals surface area contributed by atoms with Gasteiger partial charge in [0.1, 0.15) is 5.82 Å². The number of aromatic nitrogens is 2. The number of nitrogens with one attached hydrogen (secondary N) is 2. The van der Waals surface area contributed by atoms with Gasteiger partial charge >= 0.3 is 12.0 Å². The van der Waals surface area contributed by atoms with Crippen LogP contribution in [0.3, 0.4) is 0 Å². The molecule has 0 aliphatic carbocycles. The fourth-order valence-corrected chi connectivity index (χ4v) is 1.95. The van der Waals surface area contributed by atoms with Crippen molar-refractivity contribution in [3.63, 3.8) is 0 Å². The summed E-state index contributed by atoms with van der Waals surface area (Å²) in [6.45, 7) is 3.39. The molecular formula is C16H17FN4O4. The molecule has 132 valence electrons. The van der Waals surface area contributed by atoms with Gasteiger partial charge in [0.2, 0.25) is 0 Å². The number of amides is 3. The average Bonchev–Trinajstić information content (AvgIpc) is 3.05. The normalized spacial score (nSPS) is 11.5. The van der Waals surface area contributed by atoms with Gasteiger partial charge in [-0.3, -0.25) is 14.7 Å². The second-order valence-electron chi connectivity index (χ2n) is 5.02. The predicted octanol–water partition coefficient (Wildman–Crippen LogP) is 1.40. The molecule has 0 aliphatic heterocycles. The van der Waals surface area contributed by atoms with Gasteiger partial charge in [0.25, 0.3) is 5.91 Å². The van der Waals surface area contributed by atoms with Crippen molar-refractivity contribution in [1.82, 2.24) is 20.2 Å². The molecule has 0 spiro atoms. The molecule has 0 saturated heterocycles. The molecule has 0 fully saturated rings. The van der Waals surface area contributed by atoms with E-state index < -0.39 is 29.8 Å². The van der Waals surface area contributed by atoms with Gasteiger partial charge in [-0.25, -0.2) is 19.0 Å². The highest BCUT2D eigenvalue weighted by Gasteiger charge is 2.23. The monoisotopic (exact) mass is 348 g/mol. The van der Waals surface area contributed by atoms with Crippen molar-refractivity contribution in [3.05, 3.63) is 48.3 Å². The van der Waals surface area contributed by atoms with Crippen LogP contribution in [0.1, 0.15) is 24.3 Å². The number of halogens is 1. The number of urea groups is 1. The van der Waals surface area contributed by atoms with E-state index in [0.717, 1.165) is 0 Å². The Morgan fingerprint density at radius 1 is 1.28 bits per heavy atom. The molecule has 2 N–H and O–H groups in total. The lowest BCUT2D eigenvalue weighted by Gasteiger charge is -2.14. The van der Waals surface area contributed by atoms with Crippen molar-refractivity contribution in [3.8, 4) is 5.69 Å². The molecule has 1 aromatic carbocycles. The summed E-state index contributed by atoms with van der Waals surface area (Å²) in [5, 5.41) is 4.44. The number of imide groups is 1. The lowest BCUT2D eigenvalue weighted by atomic mass is 10.3. The maximum Gasteiger partial charge on any atom is 0.357 e. The van der Waals surface area contributed by atoms with Crippen molar-refractivity contribution >= 4 is 17.9 Å². The molecule has 2 rings (SSSR count). The van der Waals surface area contributed by atoms with Gasteiger partial charge in [0, 0.05) is 12.2 Å². The maximum atomic E-state index is 13.0. The number of carbonyl (C=O) groups excluding carboxylic acids is 3.